The standard InChI is InChI=1S/C16H30N2O/c1-12(14-5-3-2-4-6-14)18-16(19)11-13-7-9-15(17)10-8-13/h12-15H,2-11,17H2,1H3,(H,18,19). The van der Waals surface area contributed by atoms with Crippen LogP contribution in [0, 0.1) is 11.8 Å². The van der Waals surface area contributed by atoms with E-state index >= 15 is 0 Å². The lowest BCUT2D eigenvalue weighted by Gasteiger charge is -2.30. The second-order valence-corrected chi connectivity index (χ2v) is 6.74. The van der Waals surface area contributed by atoms with Crippen LogP contribution in [-0.2, 0) is 4.79 Å². The van der Waals surface area contributed by atoms with E-state index in [0.717, 1.165) is 25.7 Å². The second-order valence-electron chi connectivity index (χ2n) is 6.74. The van der Waals surface area contributed by atoms with Crippen LogP contribution < -0.4 is 11.1 Å². The normalized spacial score (nSPS) is 30.8. The number of rotatable bonds is 4. The lowest BCUT2D eigenvalue weighted by molar-refractivity contribution is -0.123. The van der Waals surface area contributed by atoms with E-state index in [1.54, 1.807) is 0 Å². The number of carbonyl (C=O) groups is 1. The summed E-state index contributed by atoms with van der Waals surface area (Å²) in [6.07, 6.45) is 11.8. The van der Waals surface area contributed by atoms with Crippen LogP contribution in [-0.4, -0.2) is 18.0 Å². The van der Waals surface area contributed by atoms with Crippen LogP contribution in [0.1, 0.15) is 71.1 Å². The summed E-state index contributed by atoms with van der Waals surface area (Å²) in [4.78, 5) is 12.1. The van der Waals surface area contributed by atoms with E-state index in [0.29, 0.717) is 30.3 Å². The molecule has 0 bridgehead atoms. The van der Waals surface area contributed by atoms with Crippen molar-refractivity contribution in [2.24, 2.45) is 17.6 Å². The van der Waals surface area contributed by atoms with E-state index in [4.69, 9.17) is 5.73 Å². The van der Waals surface area contributed by atoms with Gasteiger partial charge in [-0.1, -0.05) is 19.3 Å². The number of hydrogen-bond donors (Lipinski definition) is 2. The van der Waals surface area contributed by atoms with Crippen LogP contribution >= 0.6 is 0 Å². The van der Waals surface area contributed by atoms with Gasteiger partial charge in [0.25, 0.3) is 0 Å². The Balaban J connectivity index is 1.68. The van der Waals surface area contributed by atoms with Crippen LogP contribution in [0.3, 0.4) is 0 Å². The quantitative estimate of drug-likeness (QED) is 0.822. The summed E-state index contributed by atoms with van der Waals surface area (Å²) in [6, 6.07) is 0.735. The molecule has 0 aromatic heterocycles. The Morgan fingerprint density at radius 2 is 1.74 bits per heavy atom. The summed E-state index contributed by atoms with van der Waals surface area (Å²) in [5, 5.41) is 3.24. The topological polar surface area (TPSA) is 55.1 Å². The van der Waals surface area contributed by atoms with Gasteiger partial charge in [0.2, 0.25) is 5.91 Å². The Morgan fingerprint density at radius 3 is 2.37 bits per heavy atom. The van der Waals surface area contributed by atoms with E-state index in [2.05, 4.69) is 12.2 Å². The van der Waals surface area contributed by atoms with Crippen LogP contribution in [0.5, 0.6) is 0 Å². The van der Waals surface area contributed by atoms with E-state index in [1.165, 1.54) is 32.1 Å². The first-order valence-electron chi connectivity index (χ1n) is 8.20. The molecule has 0 aromatic carbocycles. The highest BCUT2D eigenvalue weighted by Gasteiger charge is 2.24. The number of carbonyl (C=O) groups excluding carboxylic acids is 1. The van der Waals surface area contributed by atoms with Crippen LogP contribution in [0.2, 0.25) is 0 Å². The maximum absolute atomic E-state index is 12.1. The van der Waals surface area contributed by atoms with Crippen molar-refractivity contribution in [3.05, 3.63) is 0 Å². The molecule has 0 aliphatic heterocycles. The SMILES string of the molecule is CC(NC(=O)CC1CCC(N)CC1)C1CCCCC1. The van der Waals surface area contributed by atoms with Crippen molar-refractivity contribution in [1.29, 1.82) is 0 Å². The summed E-state index contributed by atoms with van der Waals surface area (Å²) in [5.41, 5.74) is 5.91. The molecule has 2 rings (SSSR count). The fourth-order valence-electron chi connectivity index (χ4n) is 3.72. The molecule has 3 nitrogen and oxygen atoms in total. The third-order valence-corrected chi connectivity index (χ3v) is 5.11. The molecule has 0 radical (unpaired) electrons. The Hall–Kier alpha value is -0.570. The molecule has 3 heteroatoms. The molecule has 1 unspecified atom stereocenters. The molecule has 0 aromatic rings. The first-order chi connectivity index (χ1) is 9.15. The Kier molecular flexibility index (Phi) is 5.68. The fraction of sp³-hybridized carbons (Fsp3) is 0.938. The summed E-state index contributed by atoms with van der Waals surface area (Å²) in [5.74, 6) is 1.54. The minimum Gasteiger partial charge on any atom is -0.353 e. The molecular weight excluding hydrogens is 236 g/mol. The molecule has 2 aliphatic rings. The van der Waals surface area contributed by atoms with Gasteiger partial charge < -0.3 is 11.1 Å². The first-order valence-corrected chi connectivity index (χ1v) is 8.20. The van der Waals surface area contributed by atoms with E-state index < -0.39 is 0 Å². The third kappa shape index (κ3) is 4.79. The molecule has 3 N–H and O–H groups in total. The monoisotopic (exact) mass is 266 g/mol. The van der Waals surface area contributed by atoms with Crippen molar-refractivity contribution >= 4 is 5.91 Å². The van der Waals surface area contributed by atoms with Gasteiger partial charge >= 0.3 is 0 Å². The van der Waals surface area contributed by atoms with E-state index in [-0.39, 0.29) is 5.91 Å². The van der Waals surface area contributed by atoms with Crippen molar-refractivity contribution in [2.45, 2.75) is 83.2 Å². The highest BCUT2D eigenvalue weighted by molar-refractivity contribution is 5.76. The van der Waals surface area contributed by atoms with E-state index in [9.17, 15) is 4.79 Å². The van der Waals surface area contributed by atoms with Crippen LogP contribution in [0.4, 0.5) is 0 Å². The largest absolute Gasteiger partial charge is 0.353 e. The van der Waals surface area contributed by atoms with Gasteiger partial charge in [0, 0.05) is 18.5 Å². The molecule has 1 amide bonds. The number of nitrogens with two attached hydrogens (primary N) is 1. The number of hydrogen-bond acceptors (Lipinski definition) is 2. The zero-order chi connectivity index (χ0) is 13.7. The summed E-state index contributed by atoms with van der Waals surface area (Å²) in [7, 11) is 0. The second kappa shape index (κ2) is 7.28. The Bertz CT molecular complexity index is 278. The van der Waals surface area contributed by atoms with Gasteiger partial charge in [-0.2, -0.15) is 0 Å². The highest BCUT2D eigenvalue weighted by Crippen LogP contribution is 2.28. The van der Waals surface area contributed by atoms with Crippen molar-refractivity contribution in [3.8, 4) is 0 Å². The van der Waals surface area contributed by atoms with Gasteiger partial charge in [0.15, 0.2) is 0 Å². The minimum atomic E-state index is 0.263. The van der Waals surface area contributed by atoms with Gasteiger partial charge in [0.1, 0.15) is 0 Å². The summed E-state index contributed by atoms with van der Waals surface area (Å²) >= 11 is 0. The first kappa shape index (κ1) is 14.8. The molecule has 1 atom stereocenters. The van der Waals surface area contributed by atoms with E-state index in [1.807, 2.05) is 0 Å². The Labute approximate surface area is 117 Å². The van der Waals surface area contributed by atoms with Gasteiger partial charge in [-0.15, -0.1) is 0 Å². The maximum Gasteiger partial charge on any atom is 0.220 e. The Morgan fingerprint density at radius 1 is 1.11 bits per heavy atom. The maximum atomic E-state index is 12.1. The van der Waals surface area contributed by atoms with Crippen LogP contribution in [0.15, 0.2) is 0 Å². The van der Waals surface area contributed by atoms with Gasteiger partial charge in [-0.05, 0) is 57.3 Å². The fourth-order valence-corrected chi connectivity index (χ4v) is 3.72. The zero-order valence-corrected chi connectivity index (χ0v) is 12.4. The summed E-state index contributed by atoms with van der Waals surface area (Å²) < 4.78 is 0. The molecular formula is C16H30N2O. The van der Waals surface area contributed by atoms with Gasteiger partial charge in [-0.25, -0.2) is 0 Å². The lowest BCUT2D eigenvalue weighted by Crippen LogP contribution is -2.40. The average Bonchev–Trinajstić information content (AvgIpc) is 2.42. The predicted octanol–water partition coefficient (Wildman–Crippen LogP) is 2.98. The molecule has 0 spiro atoms. The molecule has 2 aliphatic carbocycles. The summed E-state index contributed by atoms with van der Waals surface area (Å²) in [6.45, 7) is 2.19. The smallest absolute Gasteiger partial charge is 0.220 e. The van der Waals surface area contributed by atoms with Crippen molar-refractivity contribution in [3.63, 3.8) is 0 Å². The number of amides is 1. The molecule has 0 saturated heterocycles. The number of nitrogens with one attached hydrogen (secondary N) is 1. The lowest BCUT2D eigenvalue weighted by atomic mass is 9.83. The molecule has 19 heavy (non-hydrogen) atoms. The average molecular weight is 266 g/mol. The van der Waals surface area contributed by atoms with Crippen molar-refractivity contribution < 1.29 is 4.79 Å². The third-order valence-electron chi connectivity index (χ3n) is 5.11. The van der Waals surface area contributed by atoms with Gasteiger partial charge in [0.05, 0.1) is 0 Å². The minimum absolute atomic E-state index is 0.263. The zero-order valence-electron chi connectivity index (χ0n) is 12.4. The van der Waals surface area contributed by atoms with Gasteiger partial charge in [-0.3, -0.25) is 4.79 Å². The molecule has 2 saturated carbocycles. The van der Waals surface area contributed by atoms with Crippen molar-refractivity contribution in [2.75, 3.05) is 0 Å². The molecule has 0 heterocycles. The highest BCUT2D eigenvalue weighted by atomic mass is 16.1. The molecule has 2 fully saturated rings. The van der Waals surface area contributed by atoms with Crippen LogP contribution in [0.25, 0.3) is 0 Å². The predicted molar refractivity (Wildman–Crippen MR) is 78.7 cm³/mol. The molecule has 110 valence electrons. The van der Waals surface area contributed by atoms with Crippen molar-refractivity contribution in [1.82, 2.24) is 5.32 Å².